The van der Waals surface area contributed by atoms with Gasteiger partial charge in [0.25, 0.3) is 0 Å². The summed E-state index contributed by atoms with van der Waals surface area (Å²) < 4.78 is 1.82. The van der Waals surface area contributed by atoms with Crippen LogP contribution in [0.3, 0.4) is 0 Å². The van der Waals surface area contributed by atoms with Crippen molar-refractivity contribution in [3.8, 4) is 5.69 Å². The topological polar surface area (TPSA) is 46.8 Å². The lowest BCUT2D eigenvalue weighted by Gasteiger charge is -2.25. The van der Waals surface area contributed by atoms with Gasteiger partial charge in [0.05, 0.1) is 12.2 Å². The number of hydrogen-bond donors (Lipinski definition) is 0. The number of thioether (sulfide) groups is 1. The predicted octanol–water partition coefficient (Wildman–Crippen LogP) is 1.21. The number of nitrogens with zero attached hydrogens (tertiary/aromatic N) is 5. The Morgan fingerprint density at radius 1 is 1.11 bits per heavy atom. The predicted molar refractivity (Wildman–Crippen MR) is 71.8 cm³/mol. The van der Waals surface area contributed by atoms with Crippen molar-refractivity contribution < 1.29 is 0 Å². The van der Waals surface area contributed by atoms with Crippen LogP contribution in [-0.4, -0.2) is 49.7 Å². The van der Waals surface area contributed by atoms with Crippen LogP contribution in [0.1, 0.15) is 5.82 Å². The molecule has 0 unspecified atom stereocenters. The van der Waals surface area contributed by atoms with Gasteiger partial charge in [0, 0.05) is 24.6 Å². The zero-order valence-corrected chi connectivity index (χ0v) is 10.9. The van der Waals surface area contributed by atoms with E-state index in [1.807, 2.05) is 46.8 Å². The van der Waals surface area contributed by atoms with Crippen molar-refractivity contribution in [3.05, 3.63) is 36.2 Å². The Balaban J connectivity index is 1.79. The molecule has 1 aliphatic heterocycles. The fourth-order valence-corrected chi connectivity index (χ4v) is 3.01. The molecular weight excluding hydrogens is 246 g/mol. The van der Waals surface area contributed by atoms with Crippen LogP contribution in [0, 0.1) is 0 Å². The highest BCUT2D eigenvalue weighted by Crippen LogP contribution is 2.13. The van der Waals surface area contributed by atoms with Gasteiger partial charge in [0.2, 0.25) is 0 Å². The van der Waals surface area contributed by atoms with Gasteiger partial charge in [-0.2, -0.15) is 16.4 Å². The number of rotatable bonds is 3. The van der Waals surface area contributed by atoms with Crippen LogP contribution in [0.15, 0.2) is 30.3 Å². The van der Waals surface area contributed by atoms with Crippen LogP contribution < -0.4 is 0 Å². The Bertz CT molecular complexity index is 492. The first-order valence-corrected chi connectivity index (χ1v) is 7.22. The van der Waals surface area contributed by atoms with Crippen LogP contribution in [0.4, 0.5) is 0 Å². The first-order chi connectivity index (χ1) is 8.93. The van der Waals surface area contributed by atoms with Crippen molar-refractivity contribution in [2.24, 2.45) is 0 Å². The molecule has 2 aromatic rings. The number of aromatic nitrogens is 4. The molecule has 0 bridgehead atoms. The molecule has 0 spiro atoms. The van der Waals surface area contributed by atoms with Crippen molar-refractivity contribution in [1.82, 2.24) is 25.1 Å². The lowest BCUT2D eigenvalue weighted by Crippen LogP contribution is -2.33. The molecule has 1 aliphatic rings. The highest BCUT2D eigenvalue weighted by molar-refractivity contribution is 7.99. The second kappa shape index (κ2) is 5.49. The third-order valence-electron chi connectivity index (χ3n) is 3.00. The van der Waals surface area contributed by atoms with E-state index >= 15 is 0 Å². The van der Waals surface area contributed by atoms with Crippen molar-refractivity contribution in [3.63, 3.8) is 0 Å². The Morgan fingerprint density at radius 2 is 1.89 bits per heavy atom. The molecule has 3 rings (SSSR count). The highest BCUT2D eigenvalue weighted by Gasteiger charge is 2.15. The molecule has 94 valence electrons. The second-order valence-electron chi connectivity index (χ2n) is 4.23. The monoisotopic (exact) mass is 261 g/mol. The Morgan fingerprint density at radius 3 is 2.67 bits per heavy atom. The molecule has 1 aromatic heterocycles. The Hall–Kier alpha value is -1.40. The summed E-state index contributed by atoms with van der Waals surface area (Å²) in [6.07, 6.45) is 0. The summed E-state index contributed by atoms with van der Waals surface area (Å²) in [4.78, 5) is 2.40. The second-order valence-corrected chi connectivity index (χ2v) is 5.46. The van der Waals surface area contributed by atoms with Crippen molar-refractivity contribution in [2.45, 2.75) is 6.54 Å². The summed E-state index contributed by atoms with van der Waals surface area (Å²) in [5.74, 6) is 3.31. The SMILES string of the molecule is c1ccc(-n2nnnc2CN2CCSCC2)cc1. The maximum absolute atomic E-state index is 4.14. The van der Waals surface area contributed by atoms with Crippen LogP contribution in [-0.2, 0) is 6.54 Å². The quantitative estimate of drug-likeness (QED) is 0.831. The van der Waals surface area contributed by atoms with Crippen molar-refractivity contribution in [2.75, 3.05) is 24.6 Å². The summed E-state index contributed by atoms with van der Waals surface area (Å²) in [7, 11) is 0. The van der Waals surface area contributed by atoms with Gasteiger partial charge >= 0.3 is 0 Å². The largest absolute Gasteiger partial charge is 0.294 e. The Kier molecular flexibility index (Phi) is 3.56. The number of para-hydroxylation sites is 1. The van der Waals surface area contributed by atoms with E-state index < -0.39 is 0 Å². The van der Waals surface area contributed by atoms with Crippen molar-refractivity contribution in [1.29, 1.82) is 0 Å². The molecule has 2 heterocycles. The van der Waals surface area contributed by atoms with E-state index in [0.29, 0.717) is 0 Å². The summed E-state index contributed by atoms with van der Waals surface area (Å²) in [6, 6.07) is 10.0. The first-order valence-electron chi connectivity index (χ1n) is 6.06. The molecule has 1 fully saturated rings. The van der Waals surface area contributed by atoms with E-state index in [1.54, 1.807) is 0 Å². The molecule has 0 aliphatic carbocycles. The third-order valence-corrected chi connectivity index (χ3v) is 3.95. The average Bonchev–Trinajstić information content (AvgIpc) is 2.89. The standard InChI is InChI=1S/C12H15N5S/c1-2-4-11(5-3-1)17-12(13-14-15-17)10-16-6-8-18-9-7-16/h1-5H,6-10H2. The fraction of sp³-hybridized carbons (Fsp3) is 0.417. The molecule has 6 heteroatoms. The summed E-state index contributed by atoms with van der Waals surface area (Å²) in [6.45, 7) is 3.06. The summed E-state index contributed by atoms with van der Waals surface area (Å²) in [5.41, 5.74) is 1.02. The van der Waals surface area contributed by atoms with Gasteiger partial charge in [-0.15, -0.1) is 5.10 Å². The minimum Gasteiger partial charge on any atom is -0.294 e. The van der Waals surface area contributed by atoms with Crippen LogP contribution in [0.25, 0.3) is 5.69 Å². The van der Waals surface area contributed by atoms with E-state index in [-0.39, 0.29) is 0 Å². The molecule has 5 nitrogen and oxygen atoms in total. The van der Waals surface area contributed by atoms with Gasteiger partial charge in [-0.1, -0.05) is 18.2 Å². The molecule has 1 saturated heterocycles. The molecular formula is C12H15N5S. The first kappa shape index (κ1) is 11.7. The average molecular weight is 261 g/mol. The van der Waals surface area contributed by atoms with E-state index in [9.17, 15) is 0 Å². The van der Waals surface area contributed by atoms with E-state index in [2.05, 4.69) is 20.4 Å². The molecule has 0 atom stereocenters. The minimum atomic E-state index is 0.822. The molecule has 0 saturated carbocycles. The van der Waals surface area contributed by atoms with Gasteiger partial charge < -0.3 is 0 Å². The van der Waals surface area contributed by atoms with Gasteiger partial charge in [0.15, 0.2) is 5.82 Å². The lowest BCUT2D eigenvalue weighted by atomic mass is 10.3. The summed E-state index contributed by atoms with van der Waals surface area (Å²) in [5, 5.41) is 12.0. The third kappa shape index (κ3) is 2.54. The van der Waals surface area contributed by atoms with Gasteiger partial charge in [-0.05, 0) is 22.6 Å². The maximum Gasteiger partial charge on any atom is 0.170 e. The minimum absolute atomic E-state index is 0.822. The molecule has 0 N–H and O–H groups in total. The van der Waals surface area contributed by atoms with Gasteiger partial charge in [-0.25, -0.2) is 0 Å². The van der Waals surface area contributed by atoms with Crippen molar-refractivity contribution >= 4 is 11.8 Å². The highest BCUT2D eigenvalue weighted by atomic mass is 32.2. The Labute approximate surface area is 110 Å². The van der Waals surface area contributed by atoms with Crippen LogP contribution in [0.2, 0.25) is 0 Å². The van der Waals surface area contributed by atoms with Crippen LogP contribution >= 0.6 is 11.8 Å². The van der Waals surface area contributed by atoms with Gasteiger partial charge in [-0.3, -0.25) is 4.90 Å². The lowest BCUT2D eigenvalue weighted by molar-refractivity contribution is 0.284. The van der Waals surface area contributed by atoms with E-state index in [4.69, 9.17) is 0 Å². The number of benzene rings is 1. The number of tetrazole rings is 1. The van der Waals surface area contributed by atoms with Crippen LogP contribution in [0.5, 0.6) is 0 Å². The van der Waals surface area contributed by atoms with E-state index in [0.717, 1.165) is 31.1 Å². The van der Waals surface area contributed by atoms with Gasteiger partial charge in [0.1, 0.15) is 0 Å². The maximum atomic E-state index is 4.14. The molecule has 0 amide bonds. The normalized spacial score (nSPS) is 16.9. The molecule has 1 aromatic carbocycles. The van der Waals surface area contributed by atoms with E-state index in [1.165, 1.54) is 11.5 Å². The smallest absolute Gasteiger partial charge is 0.170 e. The zero-order valence-electron chi connectivity index (χ0n) is 10.1. The summed E-state index contributed by atoms with van der Waals surface area (Å²) >= 11 is 2.01. The zero-order chi connectivity index (χ0) is 12.2. The fourth-order valence-electron chi connectivity index (χ4n) is 2.03. The number of hydrogen-bond acceptors (Lipinski definition) is 5. The molecule has 0 radical (unpaired) electrons. The molecule has 18 heavy (non-hydrogen) atoms.